The lowest BCUT2D eigenvalue weighted by molar-refractivity contribution is 0.374. The molecule has 0 spiro atoms. The molecule has 2 heterocycles. The van der Waals surface area contributed by atoms with Crippen LogP contribution in [0, 0.1) is 12.7 Å². The van der Waals surface area contributed by atoms with E-state index in [-0.39, 0.29) is 24.8 Å². The molecule has 21 heavy (non-hydrogen) atoms. The minimum atomic E-state index is -0.178. The second kappa shape index (κ2) is 6.41. The van der Waals surface area contributed by atoms with Crippen molar-refractivity contribution in [1.82, 2.24) is 10.1 Å². The molecule has 3 rings (SSSR count). The summed E-state index contributed by atoms with van der Waals surface area (Å²) >= 11 is 0. The van der Waals surface area contributed by atoms with Gasteiger partial charge in [-0.2, -0.15) is 4.98 Å². The van der Waals surface area contributed by atoms with Crippen LogP contribution in [0.2, 0.25) is 0 Å². The maximum atomic E-state index is 14.2. The number of fused-ring (bicyclic) bond motifs is 1. The van der Waals surface area contributed by atoms with Crippen LogP contribution in [0.1, 0.15) is 29.3 Å². The first-order valence-electron chi connectivity index (χ1n) is 6.73. The highest BCUT2D eigenvalue weighted by Gasteiger charge is 2.22. The van der Waals surface area contributed by atoms with Gasteiger partial charge in [-0.1, -0.05) is 11.2 Å². The number of hydrogen-bond acceptors (Lipinski definition) is 5. The first kappa shape index (κ1) is 15.7. The second-order valence-electron chi connectivity index (χ2n) is 5.09. The fourth-order valence-corrected chi connectivity index (χ4v) is 2.69. The predicted octanol–water partition coefficient (Wildman–Crippen LogP) is 2.35. The Hall–Kier alpha value is -1.66. The fraction of sp³-hybridized carbons (Fsp3) is 0.429. The van der Waals surface area contributed by atoms with E-state index in [2.05, 4.69) is 10.1 Å². The van der Waals surface area contributed by atoms with Crippen molar-refractivity contribution >= 4 is 18.1 Å². The molecule has 0 aliphatic carbocycles. The van der Waals surface area contributed by atoms with Crippen LogP contribution in [-0.4, -0.2) is 16.7 Å². The Bertz CT molecular complexity index is 631. The third-order valence-electron chi connectivity index (χ3n) is 3.49. The lowest BCUT2D eigenvalue weighted by Gasteiger charge is -2.30. The maximum absolute atomic E-state index is 14.2. The molecular weight excluding hydrogens is 295 g/mol. The Morgan fingerprint density at radius 2 is 2.24 bits per heavy atom. The highest BCUT2D eigenvalue weighted by molar-refractivity contribution is 5.85. The Balaban J connectivity index is 0.00000161. The van der Waals surface area contributed by atoms with Crippen LogP contribution in [0.5, 0.6) is 0 Å². The van der Waals surface area contributed by atoms with Crippen molar-refractivity contribution < 1.29 is 8.91 Å². The van der Waals surface area contributed by atoms with Crippen molar-refractivity contribution in [2.45, 2.75) is 32.9 Å². The van der Waals surface area contributed by atoms with Gasteiger partial charge in [0.1, 0.15) is 5.82 Å². The summed E-state index contributed by atoms with van der Waals surface area (Å²) in [6, 6.07) is 3.62. The molecule has 0 bridgehead atoms. The average Bonchev–Trinajstić information content (AvgIpc) is 2.86. The highest BCUT2D eigenvalue weighted by Crippen LogP contribution is 2.31. The number of nitrogens with two attached hydrogens (primary N) is 1. The van der Waals surface area contributed by atoms with Crippen LogP contribution in [0.15, 0.2) is 16.7 Å². The number of rotatable bonds is 3. The molecule has 1 aliphatic rings. The molecule has 7 heteroatoms. The smallest absolute Gasteiger partial charge is 0.240 e. The van der Waals surface area contributed by atoms with Gasteiger partial charge < -0.3 is 15.2 Å². The molecule has 1 aliphatic heterocycles. The largest absolute Gasteiger partial charge is 0.361 e. The number of benzene rings is 1. The summed E-state index contributed by atoms with van der Waals surface area (Å²) in [5.74, 6) is 0.766. The number of anilines is 1. The molecule has 2 aromatic rings. The van der Waals surface area contributed by atoms with Crippen LogP contribution >= 0.6 is 12.4 Å². The topological polar surface area (TPSA) is 68.2 Å². The van der Waals surface area contributed by atoms with Crippen molar-refractivity contribution in [2.75, 3.05) is 11.4 Å². The molecule has 0 fully saturated rings. The number of aromatic nitrogens is 2. The summed E-state index contributed by atoms with van der Waals surface area (Å²) in [6.45, 7) is 3.36. The van der Waals surface area contributed by atoms with E-state index in [1.807, 2.05) is 17.9 Å². The quantitative estimate of drug-likeness (QED) is 0.942. The molecule has 0 radical (unpaired) electrons. The summed E-state index contributed by atoms with van der Waals surface area (Å²) in [4.78, 5) is 6.15. The number of hydrogen-bond donors (Lipinski definition) is 1. The van der Waals surface area contributed by atoms with Gasteiger partial charge in [-0.05, 0) is 37.0 Å². The van der Waals surface area contributed by atoms with E-state index < -0.39 is 0 Å². The van der Waals surface area contributed by atoms with Gasteiger partial charge in [0.2, 0.25) is 5.89 Å². The Kier molecular flexibility index (Phi) is 4.80. The van der Waals surface area contributed by atoms with Gasteiger partial charge in [-0.3, -0.25) is 0 Å². The minimum Gasteiger partial charge on any atom is -0.361 e. The second-order valence-corrected chi connectivity index (χ2v) is 5.09. The molecule has 1 aromatic heterocycles. The molecule has 5 nitrogen and oxygen atoms in total. The summed E-state index contributed by atoms with van der Waals surface area (Å²) in [5, 5.41) is 3.87. The van der Waals surface area contributed by atoms with Crippen LogP contribution < -0.4 is 10.6 Å². The Morgan fingerprint density at radius 1 is 1.43 bits per heavy atom. The molecule has 0 amide bonds. The number of nitrogens with zero attached hydrogens (tertiary/aromatic N) is 3. The summed E-state index contributed by atoms with van der Waals surface area (Å²) in [7, 11) is 0. The summed E-state index contributed by atoms with van der Waals surface area (Å²) in [6.07, 6.45) is 1.90. The van der Waals surface area contributed by atoms with Crippen molar-refractivity contribution in [3.63, 3.8) is 0 Å². The molecule has 0 saturated heterocycles. The van der Waals surface area contributed by atoms with E-state index in [0.717, 1.165) is 30.5 Å². The van der Waals surface area contributed by atoms with Crippen LogP contribution in [0.3, 0.4) is 0 Å². The highest BCUT2D eigenvalue weighted by atomic mass is 35.5. The standard InChI is InChI=1S/C14H17FN4O.ClH/c1-9-5-10-3-2-4-19(14(10)11(15)6-9)8-12-17-13(7-16)20-18-12;/h5-6H,2-4,7-8,16H2,1H3;1H. The third kappa shape index (κ3) is 3.16. The normalized spacial score (nSPS) is 13.8. The van der Waals surface area contributed by atoms with E-state index in [1.165, 1.54) is 0 Å². The van der Waals surface area contributed by atoms with Crippen molar-refractivity contribution in [2.24, 2.45) is 5.73 Å². The van der Waals surface area contributed by atoms with Crippen molar-refractivity contribution in [3.8, 4) is 0 Å². The van der Waals surface area contributed by atoms with E-state index in [1.54, 1.807) is 6.07 Å². The molecular formula is C14H18ClFN4O. The Morgan fingerprint density at radius 3 is 2.95 bits per heavy atom. The first-order chi connectivity index (χ1) is 9.67. The molecule has 1 aromatic carbocycles. The average molecular weight is 313 g/mol. The van der Waals surface area contributed by atoms with E-state index >= 15 is 0 Å². The van der Waals surface area contributed by atoms with Crippen LogP contribution in [0.25, 0.3) is 0 Å². The number of halogens is 2. The van der Waals surface area contributed by atoms with E-state index in [4.69, 9.17) is 10.3 Å². The van der Waals surface area contributed by atoms with Crippen LogP contribution in [0.4, 0.5) is 10.1 Å². The zero-order chi connectivity index (χ0) is 14.1. The van der Waals surface area contributed by atoms with Gasteiger partial charge in [-0.25, -0.2) is 4.39 Å². The van der Waals surface area contributed by atoms with Gasteiger partial charge in [0.05, 0.1) is 18.8 Å². The number of aryl methyl sites for hydroxylation is 2. The molecule has 2 N–H and O–H groups in total. The first-order valence-corrected chi connectivity index (χ1v) is 6.73. The SMILES string of the molecule is Cc1cc(F)c2c(c1)CCCN2Cc1noc(CN)n1.Cl. The zero-order valence-corrected chi connectivity index (χ0v) is 12.6. The van der Waals surface area contributed by atoms with Gasteiger partial charge in [0.15, 0.2) is 5.82 Å². The predicted molar refractivity (Wildman–Crippen MR) is 79.9 cm³/mol. The van der Waals surface area contributed by atoms with Gasteiger partial charge in [-0.15, -0.1) is 12.4 Å². The molecule has 0 saturated carbocycles. The van der Waals surface area contributed by atoms with Crippen molar-refractivity contribution in [3.05, 3.63) is 40.8 Å². The van der Waals surface area contributed by atoms with Crippen molar-refractivity contribution in [1.29, 1.82) is 0 Å². The molecule has 0 unspecified atom stereocenters. The lowest BCUT2D eigenvalue weighted by Crippen LogP contribution is -2.30. The zero-order valence-electron chi connectivity index (χ0n) is 11.8. The summed E-state index contributed by atoms with van der Waals surface area (Å²) < 4.78 is 19.2. The maximum Gasteiger partial charge on any atom is 0.240 e. The van der Waals surface area contributed by atoms with Gasteiger partial charge in [0.25, 0.3) is 0 Å². The molecule has 114 valence electrons. The van der Waals surface area contributed by atoms with E-state index in [9.17, 15) is 4.39 Å². The Labute approximate surface area is 128 Å². The lowest BCUT2D eigenvalue weighted by atomic mass is 9.99. The van der Waals surface area contributed by atoms with E-state index in [0.29, 0.717) is 23.9 Å². The van der Waals surface area contributed by atoms with Crippen LogP contribution in [-0.2, 0) is 19.5 Å². The minimum absolute atomic E-state index is 0. The summed E-state index contributed by atoms with van der Waals surface area (Å²) in [5.41, 5.74) is 8.12. The molecule has 0 atom stereocenters. The van der Waals surface area contributed by atoms with Gasteiger partial charge in [0, 0.05) is 6.54 Å². The third-order valence-corrected chi connectivity index (χ3v) is 3.49. The van der Waals surface area contributed by atoms with Gasteiger partial charge >= 0.3 is 0 Å². The fourth-order valence-electron chi connectivity index (χ4n) is 2.69. The monoisotopic (exact) mass is 312 g/mol.